The number of ether oxygens (including phenoxy) is 2. The third-order valence-corrected chi connectivity index (χ3v) is 5.28. The smallest absolute Gasteiger partial charge is 0.161 e. The third kappa shape index (κ3) is 3.91. The Labute approximate surface area is 148 Å². The van der Waals surface area contributed by atoms with Crippen LogP contribution in [0.5, 0.6) is 11.5 Å². The van der Waals surface area contributed by atoms with E-state index in [-0.39, 0.29) is 6.04 Å². The molecule has 24 heavy (non-hydrogen) atoms. The summed E-state index contributed by atoms with van der Waals surface area (Å²) in [6, 6.07) is 11.0. The molecule has 1 aromatic carbocycles. The molecule has 1 atom stereocenters. The van der Waals surface area contributed by atoms with Gasteiger partial charge >= 0.3 is 0 Å². The maximum atomic E-state index is 5.80. The number of thiophene rings is 1. The lowest BCUT2D eigenvalue weighted by molar-refractivity contribution is 0.242. The lowest BCUT2D eigenvalue weighted by Crippen LogP contribution is -2.32. The fourth-order valence-electron chi connectivity index (χ4n) is 3.26. The van der Waals surface area contributed by atoms with Crippen LogP contribution < -0.4 is 14.8 Å². The third-order valence-electron chi connectivity index (χ3n) is 4.36. The van der Waals surface area contributed by atoms with Gasteiger partial charge in [-0.05, 0) is 49.0 Å². The first-order valence-corrected chi connectivity index (χ1v) is 9.50. The highest BCUT2D eigenvalue weighted by molar-refractivity contribution is 7.10. The van der Waals surface area contributed by atoms with Gasteiger partial charge in [0.05, 0.1) is 19.8 Å². The average molecular weight is 346 g/mol. The van der Waals surface area contributed by atoms with Gasteiger partial charge in [0.15, 0.2) is 11.5 Å². The Morgan fingerprint density at radius 2 is 2.12 bits per heavy atom. The van der Waals surface area contributed by atoms with Crippen molar-refractivity contribution in [1.82, 2.24) is 10.2 Å². The van der Waals surface area contributed by atoms with Gasteiger partial charge in [-0.2, -0.15) is 0 Å². The Morgan fingerprint density at radius 3 is 2.88 bits per heavy atom. The van der Waals surface area contributed by atoms with Gasteiger partial charge in [0.25, 0.3) is 0 Å². The van der Waals surface area contributed by atoms with Gasteiger partial charge in [0.1, 0.15) is 0 Å². The molecule has 1 aliphatic heterocycles. The molecule has 3 rings (SSSR count). The Bertz CT molecular complexity index is 622. The monoisotopic (exact) mass is 346 g/mol. The molecule has 0 amide bonds. The summed E-state index contributed by atoms with van der Waals surface area (Å²) >= 11 is 1.82. The molecule has 1 unspecified atom stereocenters. The number of benzene rings is 1. The quantitative estimate of drug-likeness (QED) is 0.867. The van der Waals surface area contributed by atoms with Gasteiger partial charge in [-0.15, -0.1) is 11.3 Å². The summed E-state index contributed by atoms with van der Waals surface area (Å²) in [5, 5.41) is 5.65. The van der Waals surface area contributed by atoms with Crippen molar-refractivity contribution in [3.63, 3.8) is 0 Å². The van der Waals surface area contributed by atoms with E-state index in [9.17, 15) is 0 Å². The Balaban J connectivity index is 1.97. The summed E-state index contributed by atoms with van der Waals surface area (Å²) in [6.45, 7) is 6.93. The molecule has 0 spiro atoms. The van der Waals surface area contributed by atoms with Gasteiger partial charge < -0.3 is 14.8 Å². The lowest BCUT2D eigenvalue weighted by Gasteiger charge is -2.30. The molecular formula is C19H26N2O2S. The van der Waals surface area contributed by atoms with Crippen LogP contribution in [0.2, 0.25) is 0 Å². The minimum absolute atomic E-state index is 0.273. The molecule has 4 nitrogen and oxygen atoms in total. The number of rotatable bonds is 6. The van der Waals surface area contributed by atoms with E-state index in [0.29, 0.717) is 6.61 Å². The predicted octanol–water partition coefficient (Wildman–Crippen LogP) is 3.54. The van der Waals surface area contributed by atoms with Crippen LogP contribution in [-0.2, 0) is 0 Å². The lowest BCUT2D eigenvalue weighted by atomic mass is 10.0. The minimum Gasteiger partial charge on any atom is -0.493 e. The summed E-state index contributed by atoms with van der Waals surface area (Å²) in [4.78, 5) is 3.95. The first-order chi connectivity index (χ1) is 11.8. The highest BCUT2D eigenvalue weighted by Gasteiger charge is 2.25. The van der Waals surface area contributed by atoms with Crippen LogP contribution in [-0.4, -0.2) is 44.8 Å². The summed E-state index contributed by atoms with van der Waals surface area (Å²) in [5.41, 5.74) is 1.27. The number of hydrogen-bond acceptors (Lipinski definition) is 5. The molecule has 2 aromatic rings. The zero-order valence-corrected chi connectivity index (χ0v) is 15.3. The van der Waals surface area contributed by atoms with E-state index >= 15 is 0 Å². The van der Waals surface area contributed by atoms with Crippen LogP contribution in [0.25, 0.3) is 0 Å². The van der Waals surface area contributed by atoms with E-state index in [1.165, 1.54) is 16.9 Å². The highest BCUT2D eigenvalue weighted by Crippen LogP contribution is 2.37. The van der Waals surface area contributed by atoms with Crippen LogP contribution in [0, 0.1) is 0 Å². The van der Waals surface area contributed by atoms with Gasteiger partial charge in [0, 0.05) is 24.5 Å². The van der Waals surface area contributed by atoms with Crippen LogP contribution in [0.4, 0.5) is 0 Å². The van der Waals surface area contributed by atoms with Crippen molar-refractivity contribution in [1.29, 1.82) is 0 Å². The summed E-state index contributed by atoms with van der Waals surface area (Å²) in [5.74, 6) is 1.62. The van der Waals surface area contributed by atoms with Crippen LogP contribution in [0.3, 0.4) is 0 Å². The number of nitrogens with zero attached hydrogens (tertiary/aromatic N) is 1. The molecule has 0 radical (unpaired) electrons. The Morgan fingerprint density at radius 1 is 1.21 bits per heavy atom. The van der Waals surface area contributed by atoms with Gasteiger partial charge in [-0.3, -0.25) is 4.90 Å². The average Bonchev–Trinajstić information content (AvgIpc) is 2.99. The van der Waals surface area contributed by atoms with Crippen molar-refractivity contribution in [3.8, 4) is 11.5 Å². The maximum Gasteiger partial charge on any atom is 0.161 e. The minimum atomic E-state index is 0.273. The fraction of sp³-hybridized carbons (Fsp3) is 0.474. The van der Waals surface area contributed by atoms with Crippen LogP contribution >= 0.6 is 11.3 Å². The van der Waals surface area contributed by atoms with Crippen molar-refractivity contribution in [2.45, 2.75) is 19.4 Å². The van der Waals surface area contributed by atoms with E-state index in [1.54, 1.807) is 7.11 Å². The topological polar surface area (TPSA) is 33.7 Å². The second kappa shape index (κ2) is 8.51. The van der Waals surface area contributed by atoms with Crippen molar-refractivity contribution in [3.05, 3.63) is 46.2 Å². The van der Waals surface area contributed by atoms with E-state index < -0.39 is 0 Å². The van der Waals surface area contributed by atoms with Crippen molar-refractivity contribution in [2.24, 2.45) is 0 Å². The summed E-state index contributed by atoms with van der Waals surface area (Å²) in [7, 11) is 1.69. The maximum absolute atomic E-state index is 5.80. The SMILES string of the molecule is CCOc1cc(C(c2cccs2)N2CCCNCC2)ccc1OC. The number of methoxy groups -OCH3 is 1. The molecule has 0 aliphatic carbocycles. The van der Waals surface area contributed by atoms with Crippen LogP contribution in [0.1, 0.15) is 29.8 Å². The van der Waals surface area contributed by atoms with E-state index in [4.69, 9.17) is 9.47 Å². The highest BCUT2D eigenvalue weighted by atomic mass is 32.1. The normalized spacial score (nSPS) is 17.2. The molecule has 1 N–H and O–H groups in total. The molecule has 5 heteroatoms. The van der Waals surface area contributed by atoms with Gasteiger partial charge in [-0.25, -0.2) is 0 Å². The van der Waals surface area contributed by atoms with Gasteiger partial charge in [0.2, 0.25) is 0 Å². The largest absolute Gasteiger partial charge is 0.493 e. The van der Waals surface area contributed by atoms with E-state index in [0.717, 1.165) is 37.7 Å². The molecule has 0 saturated carbocycles. The second-order valence-electron chi connectivity index (χ2n) is 5.90. The zero-order valence-electron chi connectivity index (χ0n) is 14.5. The first kappa shape index (κ1) is 17.3. The van der Waals surface area contributed by atoms with E-state index in [2.05, 4.69) is 39.9 Å². The second-order valence-corrected chi connectivity index (χ2v) is 6.88. The van der Waals surface area contributed by atoms with E-state index in [1.807, 2.05) is 24.3 Å². The molecular weight excluding hydrogens is 320 g/mol. The van der Waals surface area contributed by atoms with Crippen molar-refractivity contribution >= 4 is 11.3 Å². The number of nitrogens with one attached hydrogen (secondary N) is 1. The molecule has 0 bridgehead atoms. The molecule has 2 heterocycles. The Kier molecular flexibility index (Phi) is 6.12. The van der Waals surface area contributed by atoms with Crippen molar-refractivity contribution in [2.75, 3.05) is 39.9 Å². The summed E-state index contributed by atoms with van der Waals surface area (Å²) < 4.78 is 11.2. The first-order valence-electron chi connectivity index (χ1n) is 8.62. The Hall–Kier alpha value is -1.56. The standard InChI is InChI=1S/C19H26N2O2S/c1-3-23-17-14-15(7-8-16(17)22-2)19(18-6-4-13-24-18)21-11-5-9-20-10-12-21/h4,6-8,13-14,19-20H,3,5,9-12H2,1-2H3. The number of hydrogen-bond donors (Lipinski definition) is 1. The zero-order chi connectivity index (χ0) is 16.8. The van der Waals surface area contributed by atoms with Crippen LogP contribution in [0.15, 0.2) is 35.7 Å². The molecule has 1 aliphatic rings. The molecule has 1 saturated heterocycles. The molecule has 1 aromatic heterocycles. The fourth-order valence-corrected chi connectivity index (χ4v) is 4.14. The van der Waals surface area contributed by atoms with Crippen molar-refractivity contribution < 1.29 is 9.47 Å². The summed E-state index contributed by atoms with van der Waals surface area (Å²) in [6.07, 6.45) is 1.18. The molecule has 130 valence electrons. The predicted molar refractivity (Wildman–Crippen MR) is 99.4 cm³/mol. The van der Waals surface area contributed by atoms with Gasteiger partial charge in [-0.1, -0.05) is 12.1 Å². The molecule has 1 fully saturated rings.